The number of thioether (sulfide) groups is 1. The third-order valence-corrected chi connectivity index (χ3v) is 6.54. The number of carbonyl (C=O) groups excluding carboxylic acids is 3. The van der Waals surface area contributed by atoms with Crippen molar-refractivity contribution in [2.75, 3.05) is 13.2 Å². The lowest BCUT2D eigenvalue weighted by Gasteiger charge is -2.25. The fourth-order valence-corrected chi connectivity index (χ4v) is 4.83. The number of ether oxygens (including phenoxy) is 4. The first-order valence-electron chi connectivity index (χ1n) is 10.8. The summed E-state index contributed by atoms with van der Waals surface area (Å²) in [6.07, 6.45) is -0.0303. The molecule has 1 aliphatic heterocycles. The first kappa shape index (κ1) is 25.5. The molecule has 180 valence electrons. The second-order valence-corrected chi connectivity index (χ2v) is 9.28. The van der Waals surface area contributed by atoms with Crippen molar-refractivity contribution in [3.8, 4) is 0 Å². The molecular weight excluding hydrogens is 456 g/mol. The van der Waals surface area contributed by atoms with Crippen LogP contribution >= 0.6 is 11.8 Å². The summed E-state index contributed by atoms with van der Waals surface area (Å²) in [5, 5.41) is -0.511. The monoisotopic (exact) mass is 484 g/mol. The van der Waals surface area contributed by atoms with E-state index in [1.54, 1.807) is 30.3 Å². The molecule has 1 fully saturated rings. The van der Waals surface area contributed by atoms with Crippen LogP contribution in [0.25, 0.3) is 0 Å². The van der Waals surface area contributed by atoms with Gasteiger partial charge in [0.15, 0.2) is 5.44 Å². The van der Waals surface area contributed by atoms with Crippen LogP contribution in [-0.4, -0.2) is 54.0 Å². The highest BCUT2D eigenvalue weighted by Crippen LogP contribution is 2.39. The lowest BCUT2D eigenvalue weighted by atomic mass is 10.1. The van der Waals surface area contributed by atoms with Gasteiger partial charge < -0.3 is 18.9 Å². The molecule has 0 aromatic heterocycles. The fourth-order valence-electron chi connectivity index (χ4n) is 3.39. The topological polar surface area (TPSA) is 88.1 Å². The summed E-state index contributed by atoms with van der Waals surface area (Å²) in [5.74, 6) is -1.54. The zero-order chi connectivity index (χ0) is 24.7. The summed E-state index contributed by atoms with van der Waals surface area (Å²) in [6.45, 7) is 8.90. The molecule has 4 atom stereocenters. The molecule has 1 saturated heterocycles. The summed E-state index contributed by atoms with van der Waals surface area (Å²) in [5.41, 5.74) is 2.09. The van der Waals surface area contributed by atoms with E-state index in [9.17, 15) is 14.4 Å². The lowest BCUT2D eigenvalue weighted by Crippen LogP contribution is -2.41. The van der Waals surface area contributed by atoms with Gasteiger partial charge in [0.05, 0.1) is 23.0 Å². The molecule has 3 rings (SSSR count). The third-order valence-electron chi connectivity index (χ3n) is 5.15. The average molecular weight is 485 g/mol. The number of benzene rings is 2. The van der Waals surface area contributed by atoms with Gasteiger partial charge in [-0.3, -0.25) is 4.79 Å². The molecule has 0 saturated carbocycles. The first-order valence-corrected chi connectivity index (χ1v) is 11.8. The van der Waals surface area contributed by atoms with Gasteiger partial charge in [0, 0.05) is 6.92 Å². The summed E-state index contributed by atoms with van der Waals surface area (Å²) in [7, 11) is 0. The normalized spacial score (nSPS) is 21.5. The van der Waals surface area contributed by atoms with Crippen LogP contribution in [0.3, 0.4) is 0 Å². The van der Waals surface area contributed by atoms with E-state index in [-0.39, 0.29) is 13.2 Å². The maximum absolute atomic E-state index is 12.9. The minimum atomic E-state index is -0.825. The Morgan fingerprint density at radius 2 is 1.44 bits per heavy atom. The van der Waals surface area contributed by atoms with Gasteiger partial charge in [-0.25, -0.2) is 9.59 Å². The summed E-state index contributed by atoms with van der Waals surface area (Å²) in [4.78, 5) is 37.1. The number of carbonyl (C=O) groups is 3. The molecule has 0 amide bonds. The minimum absolute atomic E-state index is 0.0606. The van der Waals surface area contributed by atoms with Gasteiger partial charge in [0.25, 0.3) is 0 Å². The fraction of sp³-hybridized carbons (Fsp3) is 0.346. The van der Waals surface area contributed by atoms with E-state index in [0.717, 1.165) is 11.1 Å². The number of rotatable bonds is 9. The SMILES string of the molecule is C=CCO[C@H]1C(OC(C)=O)S[C@@H](COC(=O)c2ccc(C)cc2)[C@H]1OC(=O)c1ccc(C)cc1. The van der Waals surface area contributed by atoms with E-state index < -0.39 is 40.8 Å². The molecule has 2 aromatic carbocycles. The third kappa shape index (κ3) is 6.71. The predicted octanol–water partition coefficient (Wildman–Crippen LogP) is 4.26. The Labute approximate surface area is 203 Å². The number of hydrogen-bond donors (Lipinski definition) is 0. The Bertz CT molecular complexity index is 1020. The Hall–Kier alpha value is -3.10. The standard InChI is InChI=1S/C26H28O7S/c1-5-14-30-23-22(33-25(29)20-12-8-17(3)9-13-20)21(34-26(23)32-18(4)27)15-31-24(28)19-10-6-16(2)7-11-19/h5-13,21-23,26H,1,14-15H2,2-4H3/t21-,22+,23+,26?/m0/s1. The minimum Gasteiger partial charge on any atom is -0.461 e. The molecule has 1 unspecified atom stereocenters. The van der Waals surface area contributed by atoms with E-state index >= 15 is 0 Å². The maximum atomic E-state index is 12.9. The number of aryl methyl sites for hydroxylation is 2. The molecule has 34 heavy (non-hydrogen) atoms. The quantitative estimate of drug-likeness (QED) is 0.296. The van der Waals surface area contributed by atoms with Gasteiger partial charge in [-0.15, -0.1) is 18.3 Å². The Balaban J connectivity index is 1.79. The van der Waals surface area contributed by atoms with E-state index in [4.69, 9.17) is 18.9 Å². The largest absolute Gasteiger partial charge is 0.461 e. The molecule has 0 N–H and O–H groups in total. The van der Waals surface area contributed by atoms with Gasteiger partial charge in [-0.1, -0.05) is 41.5 Å². The van der Waals surface area contributed by atoms with Crippen molar-refractivity contribution in [1.29, 1.82) is 0 Å². The molecule has 0 spiro atoms. The zero-order valence-electron chi connectivity index (χ0n) is 19.4. The summed E-state index contributed by atoms with van der Waals surface area (Å²) in [6, 6.07) is 14.0. The Morgan fingerprint density at radius 3 is 1.97 bits per heavy atom. The molecule has 1 aliphatic rings. The first-order chi connectivity index (χ1) is 16.3. The summed E-state index contributed by atoms with van der Waals surface area (Å²) >= 11 is 1.23. The van der Waals surface area contributed by atoms with E-state index in [1.807, 2.05) is 38.1 Å². The van der Waals surface area contributed by atoms with E-state index in [2.05, 4.69) is 6.58 Å². The van der Waals surface area contributed by atoms with Crippen LogP contribution < -0.4 is 0 Å². The molecule has 8 heteroatoms. The van der Waals surface area contributed by atoms with Gasteiger partial charge in [-0.2, -0.15) is 0 Å². The second kappa shape index (κ2) is 11.9. The van der Waals surface area contributed by atoms with Crippen LogP contribution in [0.4, 0.5) is 0 Å². The molecule has 0 bridgehead atoms. The molecule has 0 radical (unpaired) electrons. The number of hydrogen-bond acceptors (Lipinski definition) is 8. The van der Waals surface area contributed by atoms with Crippen LogP contribution in [-0.2, 0) is 23.7 Å². The predicted molar refractivity (Wildman–Crippen MR) is 129 cm³/mol. The zero-order valence-corrected chi connectivity index (χ0v) is 20.2. The molecule has 2 aromatic rings. The van der Waals surface area contributed by atoms with E-state index in [1.165, 1.54) is 18.7 Å². The van der Waals surface area contributed by atoms with Gasteiger partial charge in [0.1, 0.15) is 18.8 Å². The highest BCUT2D eigenvalue weighted by Gasteiger charge is 2.50. The van der Waals surface area contributed by atoms with E-state index in [0.29, 0.717) is 11.1 Å². The van der Waals surface area contributed by atoms with Crippen molar-refractivity contribution in [2.24, 2.45) is 0 Å². The van der Waals surface area contributed by atoms with Crippen molar-refractivity contribution >= 4 is 29.7 Å². The van der Waals surface area contributed by atoms with Crippen LogP contribution in [0.2, 0.25) is 0 Å². The Morgan fingerprint density at radius 1 is 0.882 bits per heavy atom. The van der Waals surface area contributed by atoms with Crippen LogP contribution in [0.1, 0.15) is 38.8 Å². The highest BCUT2D eigenvalue weighted by molar-refractivity contribution is 8.00. The number of esters is 3. The van der Waals surface area contributed by atoms with Crippen molar-refractivity contribution in [1.82, 2.24) is 0 Å². The maximum Gasteiger partial charge on any atom is 0.338 e. The van der Waals surface area contributed by atoms with Crippen LogP contribution in [0.5, 0.6) is 0 Å². The average Bonchev–Trinajstić information content (AvgIpc) is 3.11. The van der Waals surface area contributed by atoms with Gasteiger partial charge in [-0.05, 0) is 38.1 Å². The molecule has 7 nitrogen and oxygen atoms in total. The second-order valence-electron chi connectivity index (χ2n) is 7.94. The van der Waals surface area contributed by atoms with Crippen LogP contribution in [0, 0.1) is 13.8 Å². The van der Waals surface area contributed by atoms with Crippen molar-refractivity contribution < 1.29 is 33.3 Å². The van der Waals surface area contributed by atoms with Crippen molar-refractivity contribution in [2.45, 2.75) is 43.7 Å². The highest BCUT2D eigenvalue weighted by atomic mass is 32.2. The smallest absolute Gasteiger partial charge is 0.338 e. The molecule has 1 heterocycles. The molecular formula is C26H28O7S. The Kier molecular flexibility index (Phi) is 8.90. The van der Waals surface area contributed by atoms with Gasteiger partial charge >= 0.3 is 17.9 Å². The molecule has 0 aliphatic carbocycles. The lowest BCUT2D eigenvalue weighted by molar-refractivity contribution is -0.150. The van der Waals surface area contributed by atoms with Gasteiger partial charge in [0.2, 0.25) is 0 Å². The van der Waals surface area contributed by atoms with Crippen molar-refractivity contribution in [3.05, 3.63) is 83.4 Å². The van der Waals surface area contributed by atoms with Crippen LogP contribution in [0.15, 0.2) is 61.2 Å². The van der Waals surface area contributed by atoms with Crippen molar-refractivity contribution in [3.63, 3.8) is 0 Å². The summed E-state index contributed by atoms with van der Waals surface area (Å²) < 4.78 is 22.6.